The van der Waals surface area contributed by atoms with Crippen molar-refractivity contribution < 1.29 is 30.5 Å². The first-order valence-corrected chi connectivity index (χ1v) is 19.1. The summed E-state index contributed by atoms with van der Waals surface area (Å²) in [6.45, 7) is 6.86. The third-order valence-corrected chi connectivity index (χ3v) is 13.2. The minimum absolute atomic E-state index is 0.0896. The Morgan fingerprint density at radius 3 is 2.20 bits per heavy atom. The molecule has 5 rings (SSSR count). The van der Waals surface area contributed by atoms with Crippen LogP contribution in [0.25, 0.3) is 0 Å². The normalized spacial score (nSPS) is 29.8. The van der Waals surface area contributed by atoms with E-state index in [1.165, 1.54) is 88.0 Å². The first kappa shape index (κ1) is 37.1. The molecule has 5 unspecified atom stereocenters. The second kappa shape index (κ2) is 15.7. The van der Waals surface area contributed by atoms with Crippen LogP contribution < -0.4 is 9.32 Å². The summed E-state index contributed by atoms with van der Waals surface area (Å²) in [4.78, 5) is 0. The van der Waals surface area contributed by atoms with E-state index in [2.05, 4.69) is 26.8 Å². The van der Waals surface area contributed by atoms with Crippen molar-refractivity contribution in [1.29, 1.82) is 0 Å². The average molecular weight is 682 g/mol. The van der Waals surface area contributed by atoms with E-state index in [4.69, 9.17) is 9.32 Å². The van der Waals surface area contributed by atoms with Crippen LogP contribution in [0.4, 0.5) is 26.3 Å². The standard InChI is InChI=1S/C21H28FNOS.C14H25F5S/c1-12-18-15(5-7-20(2)17(18)6-8-21(20)9-10-21)14-4-3-13(24-25-23)11-16(14)19(12)22;1-2-3-4-5-6-7-8-11-20-12-9-10-13(15,16)14(17,18)19/h3-4,11-12,15,17-19H,5-10,23H2,1-2H3;2-12H2,1H3/t12-,15?,17?,18?,19?,20?;/m0./s1. The van der Waals surface area contributed by atoms with E-state index in [9.17, 15) is 22.0 Å². The molecular formula is C35H53F6NOS2. The molecule has 3 fully saturated rings. The number of nitrogens with two attached hydrogens (primary N) is 1. The van der Waals surface area contributed by atoms with Crippen LogP contribution in [0.2, 0.25) is 0 Å². The van der Waals surface area contributed by atoms with Crippen molar-refractivity contribution in [1.82, 2.24) is 0 Å². The highest BCUT2D eigenvalue weighted by Crippen LogP contribution is 2.76. The Bertz CT molecular complexity index is 1080. The molecule has 0 bridgehead atoms. The molecule has 4 aliphatic carbocycles. The lowest BCUT2D eigenvalue weighted by atomic mass is 9.51. The minimum Gasteiger partial charge on any atom is -0.410 e. The Kier molecular flexibility index (Phi) is 12.9. The fourth-order valence-electron chi connectivity index (χ4n) is 9.01. The highest BCUT2D eigenvalue weighted by molar-refractivity contribution is 7.99. The van der Waals surface area contributed by atoms with E-state index >= 15 is 4.39 Å². The van der Waals surface area contributed by atoms with Crippen LogP contribution in [0.3, 0.4) is 0 Å². The van der Waals surface area contributed by atoms with E-state index in [-0.39, 0.29) is 12.3 Å². The van der Waals surface area contributed by atoms with Crippen LogP contribution >= 0.6 is 24.0 Å². The summed E-state index contributed by atoms with van der Waals surface area (Å²) in [5.41, 5.74) is 3.16. The Morgan fingerprint density at radius 1 is 0.889 bits per heavy atom. The fourth-order valence-corrected chi connectivity index (χ4v) is 10.2. The van der Waals surface area contributed by atoms with Gasteiger partial charge in [-0.25, -0.2) is 9.53 Å². The zero-order valence-electron chi connectivity index (χ0n) is 27.2. The lowest BCUT2D eigenvalue weighted by molar-refractivity contribution is -0.284. The molecule has 2 N–H and O–H groups in total. The molecule has 1 aromatic carbocycles. The topological polar surface area (TPSA) is 35.2 Å². The molecule has 2 nitrogen and oxygen atoms in total. The minimum atomic E-state index is -5.41. The van der Waals surface area contributed by atoms with Crippen molar-refractivity contribution in [2.45, 2.75) is 141 Å². The third kappa shape index (κ3) is 8.29. The summed E-state index contributed by atoms with van der Waals surface area (Å²) in [5, 5.41) is 5.41. The number of unbranched alkanes of at least 4 members (excludes halogenated alkanes) is 6. The Labute approximate surface area is 275 Å². The van der Waals surface area contributed by atoms with Gasteiger partial charge in [0.25, 0.3) is 0 Å². The number of fused-ring (bicyclic) bond motifs is 6. The van der Waals surface area contributed by atoms with Crippen LogP contribution in [0.5, 0.6) is 5.75 Å². The van der Waals surface area contributed by atoms with Gasteiger partial charge in [0.1, 0.15) is 24.1 Å². The molecule has 0 aromatic heterocycles. The van der Waals surface area contributed by atoms with Gasteiger partial charge in [-0.15, -0.1) is 0 Å². The molecule has 45 heavy (non-hydrogen) atoms. The molecule has 1 aromatic rings. The van der Waals surface area contributed by atoms with Crippen molar-refractivity contribution in [3.05, 3.63) is 29.3 Å². The first-order valence-electron chi connectivity index (χ1n) is 17.2. The molecular weight excluding hydrogens is 629 g/mol. The number of hydrogen-bond acceptors (Lipinski definition) is 4. The van der Waals surface area contributed by atoms with Crippen molar-refractivity contribution in [2.75, 3.05) is 11.5 Å². The number of rotatable bonds is 14. The van der Waals surface area contributed by atoms with Gasteiger partial charge in [-0.2, -0.15) is 33.7 Å². The van der Waals surface area contributed by atoms with Crippen LogP contribution in [0.1, 0.15) is 140 Å². The van der Waals surface area contributed by atoms with Crippen LogP contribution in [0, 0.1) is 28.6 Å². The zero-order valence-corrected chi connectivity index (χ0v) is 28.8. The van der Waals surface area contributed by atoms with Crippen molar-refractivity contribution in [3.63, 3.8) is 0 Å². The summed E-state index contributed by atoms with van der Waals surface area (Å²) in [6, 6.07) is 5.96. The number of alkyl halides is 6. The van der Waals surface area contributed by atoms with Gasteiger partial charge in [0.2, 0.25) is 0 Å². The number of thioether (sulfide) groups is 1. The van der Waals surface area contributed by atoms with E-state index in [0.717, 1.165) is 36.4 Å². The molecule has 4 aliphatic rings. The second-order valence-electron chi connectivity index (χ2n) is 14.3. The molecule has 3 saturated carbocycles. The maximum atomic E-state index is 15.5. The van der Waals surface area contributed by atoms with E-state index < -0.39 is 24.7 Å². The van der Waals surface area contributed by atoms with Gasteiger partial charge in [0, 0.05) is 6.42 Å². The molecule has 258 valence electrons. The number of benzene rings is 1. The van der Waals surface area contributed by atoms with E-state index in [1.807, 2.05) is 12.1 Å². The van der Waals surface area contributed by atoms with Crippen LogP contribution in [0.15, 0.2) is 18.2 Å². The van der Waals surface area contributed by atoms with Crippen LogP contribution in [-0.2, 0) is 0 Å². The Balaban J connectivity index is 0.000000212. The van der Waals surface area contributed by atoms with Crippen molar-refractivity contribution in [2.24, 2.45) is 33.7 Å². The Hall–Kier alpha value is -0.740. The molecule has 1 spiro atoms. The van der Waals surface area contributed by atoms with Gasteiger partial charge in [0.05, 0.1) is 0 Å². The molecule has 0 heterocycles. The molecule has 0 amide bonds. The predicted molar refractivity (Wildman–Crippen MR) is 175 cm³/mol. The fraction of sp³-hybridized carbons (Fsp3) is 0.829. The summed E-state index contributed by atoms with van der Waals surface area (Å²) in [7, 11) is 0. The zero-order chi connectivity index (χ0) is 32.9. The summed E-state index contributed by atoms with van der Waals surface area (Å²) >= 11 is 2.30. The molecule has 0 saturated heterocycles. The molecule has 6 atom stereocenters. The first-order chi connectivity index (χ1) is 21.3. The summed E-state index contributed by atoms with van der Waals surface area (Å²) in [5.74, 6) is -0.833. The lowest BCUT2D eigenvalue weighted by Crippen LogP contribution is -2.46. The largest absolute Gasteiger partial charge is 0.453 e. The monoisotopic (exact) mass is 681 g/mol. The maximum Gasteiger partial charge on any atom is 0.453 e. The lowest BCUT2D eigenvalue weighted by Gasteiger charge is -2.54. The van der Waals surface area contributed by atoms with Crippen LogP contribution in [-0.4, -0.2) is 23.6 Å². The van der Waals surface area contributed by atoms with Crippen molar-refractivity contribution >= 4 is 24.0 Å². The third-order valence-electron chi connectivity index (χ3n) is 11.8. The molecule has 10 heteroatoms. The van der Waals surface area contributed by atoms with Gasteiger partial charge in [0.15, 0.2) is 0 Å². The Morgan fingerprint density at radius 2 is 1.56 bits per heavy atom. The highest BCUT2D eigenvalue weighted by atomic mass is 32.2. The van der Waals surface area contributed by atoms with Gasteiger partial charge in [-0.3, -0.25) is 0 Å². The number of hydrogen-bond donors (Lipinski definition) is 1. The average Bonchev–Trinajstić information content (AvgIpc) is 3.73. The summed E-state index contributed by atoms with van der Waals surface area (Å²) < 4.78 is 81.6. The van der Waals surface area contributed by atoms with Gasteiger partial charge < -0.3 is 4.18 Å². The van der Waals surface area contributed by atoms with Gasteiger partial charge >= 0.3 is 12.1 Å². The smallest absolute Gasteiger partial charge is 0.410 e. The SMILES string of the molecule is CCCCCCCCCSCCCC(F)(F)C(F)(F)F.C[C@@H]1C(F)c2cc(OSN)ccc2C2CCC3(C)C(CCC34CC4)C21. The summed E-state index contributed by atoms with van der Waals surface area (Å²) in [6.07, 6.45) is 8.89. The van der Waals surface area contributed by atoms with Crippen molar-refractivity contribution in [3.8, 4) is 5.75 Å². The quantitative estimate of drug-likeness (QED) is 0.0917. The molecule has 0 radical (unpaired) electrons. The number of halogens is 6. The maximum absolute atomic E-state index is 15.5. The van der Waals surface area contributed by atoms with E-state index in [1.54, 1.807) is 0 Å². The predicted octanol–water partition coefficient (Wildman–Crippen LogP) is 12.4. The van der Waals surface area contributed by atoms with E-state index in [0.29, 0.717) is 40.1 Å². The molecule has 0 aliphatic heterocycles. The van der Waals surface area contributed by atoms with Gasteiger partial charge in [-0.1, -0.05) is 65.4 Å². The van der Waals surface area contributed by atoms with Gasteiger partial charge in [-0.05, 0) is 121 Å². The second-order valence-corrected chi connectivity index (χ2v) is 15.9. The highest BCUT2D eigenvalue weighted by Gasteiger charge is 2.67.